The molecule has 2 bridgehead atoms. The molecule has 2 aliphatic rings. The quantitative estimate of drug-likeness (QED) is 0.393. The molecule has 18 heavy (non-hydrogen) atoms. The minimum Gasteiger partial charge on any atom is -0.481 e. The molecule has 0 spiro atoms. The van der Waals surface area contributed by atoms with Gasteiger partial charge in [0.2, 0.25) is 0 Å². The number of carbonyl (C=O) groups excluding carboxylic acids is 1. The Hall–Kier alpha value is -1.40. The molecule has 0 saturated carbocycles. The number of aliphatic carboxylic acids is 1. The lowest BCUT2D eigenvalue weighted by Gasteiger charge is -2.20. The van der Waals surface area contributed by atoms with E-state index in [2.05, 4.69) is 0 Å². The molecular formula is C12H16O6. The molecule has 0 aromatic carbocycles. The van der Waals surface area contributed by atoms with E-state index in [0.29, 0.717) is 12.8 Å². The van der Waals surface area contributed by atoms with Crippen molar-refractivity contribution in [1.82, 2.24) is 0 Å². The van der Waals surface area contributed by atoms with Crippen LogP contribution in [-0.2, 0) is 19.1 Å². The predicted octanol–water partition coefficient (Wildman–Crippen LogP) is -0.0437. The Kier molecular flexibility index (Phi) is 3.98. The fourth-order valence-electron chi connectivity index (χ4n) is 2.37. The number of carboxylic acid groups (broad SMARTS) is 1. The molecule has 0 radical (unpaired) electrons. The number of aliphatic hydroxyl groups is 1. The molecule has 0 amide bonds. The second-order valence-electron chi connectivity index (χ2n) is 4.44. The zero-order valence-electron chi connectivity index (χ0n) is 9.82. The second-order valence-corrected chi connectivity index (χ2v) is 4.44. The van der Waals surface area contributed by atoms with E-state index in [1.165, 1.54) is 0 Å². The van der Waals surface area contributed by atoms with E-state index >= 15 is 0 Å². The maximum atomic E-state index is 11.9. The van der Waals surface area contributed by atoms with Gasteiger partial charge < -0.3 is 19.7 Å². The third-order valence-corrected chi connectivity index (χ3v) is 3.25. The number of carbonyl (C=O) groups is 2. The van der Waals surface area contributed by atoms with Crippen LogP contribution in [0.25, 0.3) is 0 Å². The molecule has 4 unspecified atom stereocenters. The van der Waals surface area contributed by atoms with Gasteiger partial charge in [0.25, 0.3) is 0 Å². The van der Waals surface area contributed by atoms with Gasteiger partial charge in [0.05, 0.1) is 18.8 Å². The number of hydrogen-bond acceptors (Lipinski definition) is 5. The molecule has 2 N–H and O–H groups in total. The van der Waals surface area contributed by atoms with Gasteiger partial charge in [-0.2, -0.15) is 0 Å². The number of fused-ring (bicyclic) bond motifs is 2. The Morgan fingerprint density at radius 3 is 2.44 bits per heavy atom. The number of ether oxygens (including phenoxy) is 2. The topological polar surface area (TPSA) is 93.1 Å². The maximum absolute atomic E-state index is 11.9. The highest BCUT2D eigenvalue weighted by atomic mass is 16.5. The highest BCUT2D eigenvalue weighted by molar-refractivity contribution is 5.84. The second kappa shape index (κ2) is 5.49. The van der Waals surface area contributed by atoms with Crippen LogP contribution in [0.2, 0.25) is 0 Å². The van der Waals surface area contributed by atoms with Gasteiger partial charge in [-0.05, 0) is 12.8 Å². The van der Waals surface area contributed by atoms with Gasteiger partial charge in [-0.3, -0.25) is 9.59 Å². The highest BCUT2D eigenvalue weighted by Gasteiger charge is 2.53. The number of carboxylic acids is 1. The lowest BCUT2D eigenvalue weighted by Crippen LogP contribution is -2.37. The van der Waals surface area contributed by atoms with Gasteiger partial charge >= 0.3 is 11.9 Å². The van der Waals surface area contributed by atoms with Crippen molar-refractivity contribution < 1.29 is 29.3 Å². The fraction of sp³-hybridized carbons (Fsp3) is 0.667. The first-order chi connectivity index (χ1) is 8.65. The highest BCUT2D eigenvalue weighted by Crippen LogP contribution is 2.39. The smallest absolute Gasteiger partial charge is 0.312 e. The lowest BCUT2D eigenvalue weighted by molar-refractivity contribution is -0.157. The number of aliphatic hydroxyl groups excluding tert-OH is 1. The molecule has 100 valence electrons. The van der Waals surface area contributed by atoms with Crippen LogP contribution >= 0.6 is 0 Å². The van der Waals surface area contributed by atoms with Gasteiger partial charge in [-0.1, -0.05) is 12.2 Å². The minimum atomic E-state index is -1.04. The van der Waals surface area contributed by atoms with E-state index in [1.54, 1.807) is 12.2 Å². The van der Waals surface area contributed by atoms with E-state index < -0.39 is 36.0 Å². The lowest BCUT2D eigenvalue weighted by atomic mass is 9.83. The van der Waals surface area contributed by atoms with Gasteiger partial charge in [0, 0.05) is 6.61 Å². The molecule has 1 fully saturated rings. The third-order valence-electron chi connectivity index (χ3n) is 3.25. The molecule has 2 heterocycles. The first-order valence-electron chi connectivity index (χ1n) is 5.99. The summed E-state index contributed by atoms with van der Waals surface area (Å²) in [6.45, 7) is 0.249. The van der Waals surface area contributed by atoms with Crippen LogP contribution < -0.4 is 0 Å². The summed E-state index contributed by atoms with van der Waals surface area (Å²) in [5.41, 5.74) is 0. The Morgan fingerprint density at radius 2 is 1.83 bits per heavy atom. The normalized spacial score (nSPS) is 32.7. The Balaban J connectivity index is 1.92. The van der Waals surface area contributed by atoms with Crippen molar-refractivity contribution in [1.29, 1.82) is 0 Å². The number of rotatable bonds is 6. The molecule has 6 heteroatoms. The van der Waals surface area contributed by atoms with Crippen molar-refractivity contribution in [3.05, 3.63) is 12.2 Å². The standard InChI is InChI=1S/C12H16O6/c13-5-1-2-6-17-12(16)10-8-4-3-7(18-8)9(10)11(14)15/h3-4,7-10,13H,1-2,5-6H2,(H,14,15). The van der Waals surface area contributed by atoms with Gasteiger partial charge in [-0.25, -0.2) is 0 Å². The van der Waals surface area contributed by atoms with Crippen molar-refractivity contribution in [3.8, 4) is 0 Å². The van der Waals surface area contributed by atoms with E-state index in [-0.39, 0.29) is 13.2 Å². The summed E-state index contributed by atoms with van der Waals surface area (Å²) in [4.78, 5) is 23.0. The summed E-state index contributed by atoms with van der Waals surface area (Å²) < 4.78 is 10.4. The van der Waals surface area contributed by atoms with Crippen LogP contribution in [0, 0.1) is 11.8 Å². The van der Waals surface area contributed by atoms with Crippen molar-refractivity contribution in [2.45, 2.75) is 25.0 Å². The SMILES string of the molecule is O=C(O)C1C2C=CC(O2)C1C(=O)OCCCCO. The van der Waals surface area contributed by atoms with E-state index in [1.807, 2.05) is 0 Å². The van der Waals surface area contributed by atoms with Crippen molar-refractivity contribution in [2.75, 3.05) is 13.2 Å². The molecular weight excluding hydrogens is 240 g/mol. The van der Waals surface area contributed by atoms with Crippen LogP contribution in [-0.4, -0.2) is 47.6 Å². The van der Waals surface area contributed by atoms with Crippen LogP contribution in [0.3, 0.4) is 0 Å². The number of esters is 1. The van der Waals surface area contributed by atoms with Gasteiger partial charge in [0.1, 0.15) is 11.8 Å². The predicted molar refractivity (Wildman–Crippen MR) is 59.7 cm³/mol. The summed E-state index contributed by atoms with van der Waals surface area (Å²) in [6, 6.07) is 0. The van der Waals surface area contributed by atoms with Crippen molar-refractivity contribution in [2.24, 2.45) is 11.8 Å². The number of hydrogen-bond donors (Lipinski definition) is 2. The van der Waals surface area contributed by atoms with E-state index in [9.17, 15) is 9.59 Å². The first kappa shape index (κ1) is 13.0. The summed E-state index contributed by atoms with van der Waals surface area (Å²) >= 11 is 0. The summed E-state index contributed by atoms with van der Waals surface area (Å²) in [5, 5.41) is 17.7. The van der Waals surface area contributed by atoms with Gasteiger partial charge in [0.15, 0.2) is 0 Å². The van der Waals surface area contributed by atoms with Crippen molar-refractivity contribution >= 4 is 11.9 Å². The Morgan fingerprint density at radius 1 is 1.17 bits per heavy atom. The molecule has 6 nitrogen and oxygen atoms in total. The summed E-state index contributed by atoms with van der Waals surface area (Å²) in [7, 11) is 0. The first-order valence-corrected chi connectivity index (χ1v) is 5.99. The largest absolute Gasteiger partial charge is 0.481 e. The van der Waals surface area contributed by atoms with Crippen LogP contribution in [0.5, 0.6) is 0 Å². The average Bonchev–Trinajstić information content (AvgIpc) is 2.94. The molecule has 0 aliphatic carbocycles. The molecule has 2 aliphatic heterocycles. The van der Waals surface area contributed by atoms with Gasteiger partial charge in [-0.15, -0.1) is 0 Å². The van der Waals surface area contributed by atoms with Crippen LogP contribution in [0.15, 0.2) is 12.2 Å². The zero-order valence-corrected chi connectivity index (χ0v) is 9.82. The molecule has 2 rings (SSSR count). The minimum absolute atomic E-state index is 0.0509. The van der Waals surface area contributed by atoms with E-state index in [4.69, 9.17) is 19.7 Å². The third kappa shape index (κ3) is 2.39. The molecule has 4 atom stereocenters. The molecule has 1 saturated heterocycles. The van der Waals surface area contributed by atoms with Crippen LogP contribution in [0.1, 0.15) is 12.8 Å². The molecule has 0 aromatic heterocycles. The summed E-state index contributed by atoms with van der Waals surface area (Å²) in [6.07, 6.45) is 3.51. The number of unbranched alkanes of at least 4 members (excludes halogenated alkanes) is 1. The average molecular weight is 256 g/mol. The van der Waals surface area contributed by atoms with Crippen molar-refractivity contribution in [3.63, 3.8) is 0 Å². The van der Waals surface area contributed by atoms with Crippen LogP contribution in [0.4, 0.5) is 0 Å². The Bertz CT molecular complexity index is 364. The monoisotopic (exact) mass is 256 g/mol. The Labute approximate surface area is 104 Å². The van der Waals surface area contributed by atoms with E-state index in [0.717, 1.165) is 0 Å². The maximum Gasteiger partial charge on any atom is 0.312 e. The fourth-order valence-corrected chi connectivity index (χ4v) is 2.37. The zero-order chi connectivity index (χ0) is 13.1. The summed E-state index contributed by atoms with van der Waals surface area (Å²) in [5.74, 6) is -3.18. The molecule has 0 aromatic rings.